The zero-order chi connectivity index (χ0) is 22.4. The Balaban J connectivity index is 0.000000401. The van der Waals surface area contributed by atoms with Crippen LogP contribution in [0.15, 0.2) is 45.6 Å². The highest BCUT2D eigenvalue weighted by Gasteiger charge is 2.33. The standard InChI is InChI=1S/C17H16N4O4.C2H2O4/c1-23-17(22)14-5-4-13(24-14)10-21-8-12(9-21)16-19-15(20-25-16)11-3-2-6-18-7-11;3-1(4)2(5)6/h2-7,12H,8-10H2,1H3;(H,3,4)(H,5,6). The van der Waals surface area contributed by atoms with Crippen molar-refractivity contribution >= 4 is 17.9 Å². The minimum Gasteiger partial charge on any atom is -0.473 e. The minimum absolute atomic E-state index is 0.202. The highest BCUT2D eigenvalue weighted by molar-refractivity contribution is 6.27. The Morgan fingerprint density at radius 1 is 1.19 bits per heavy atom. The summed E-state index contributed by atoms with van der Waals surface area (Å²) in [5, 5.41) is 18.8. The summed E-state index contributed by atoms with van der Waals surface area (Å²) in [4.78, 5) is 40.3. The number of pyridine rings is 1. The fourth-order valence-corrected chi connectivity index (χ4v) is 2.76. The van der Waals surface area contributed by atoms with E-state index < -0.39 is 17.9 Å². The second-order valence-corrected chi connectivity index (χ2v) is 6.46. The summed E-state index contributed by atoms with van der Waals surface area (Å²) in [7, 11) is 1.33. The van der Waals surface area contributed by atoms with Crippen molar-refractivity contribution in [3.63, 3.8) is 0 Å². The van der Waals surface area contributed by atoms with Gasteiger partial charge in [-0.2, -0.15) is 4.98 Å². The van der Waals surface area contributed by atoms with Gasteiger partial charge in [0.25, 0.3) is 0 Å². The topological polar surface area (TPSA) is 169 Å². The van der Waals surface area contributed by atoms with E-state index in [0.717, 1.165) is 24.4 Å². The van der Waals surface area contributed by atoms with E-state index in [1.807, 2.05) is 12.1 Å². The summed E-state index contributed by atoms with van der Waals surface area (Å²) in [6.45, 7) is 2.21. The van der Waals surface area contributed by atoms with Crippen LogP contribution in [-0.2, 0) is 20.9 Å². The maximum Gasteiger partial charge on any atom is 0.414 e. The SMILES string of the molecule is COC(=O)c1ccc(CN2CC(c3nc(-c4cccnc4)no3)C2)o1.O=C(O)C(=O)O. The molecule has 12 heteroatoms. The van der Waals surface area contributed by atoms with Gasteiger partial charge in [-0.3, -0.25) is 9.88 Å². The summed E-state index contributed by atoms with van der Waals surface area (Å²) in [5.41, 5.74) is 0.833. The third-order valence-electron chi connectivity index (χ3n) is 4.28. The van der Waals surface area contributed by atoms with Gasteiger partial charge in [0.1, 0.15) is 5.76 Å². The number of esters is 1. The van der Waals surface area contributed by atoms with Crippen molar-refractivity contribution in [2.75, 3.05) is 20.2 Å². The van der Waals surface area contributed by atoms with Gasteiger partial charge in [0.2, 0.25) is 17.5 Å². The van der Waals surface area contributed by atoms with Gasteiger partial charge in [-0.15, -0.1) is 0 Å². The average Bonchev–Trinajstić information content (AvgIpc) is 3.40. The van der Waals surface area contributed by atoms with Gasteiger partial charge in [0, 0.05) is 31.0 Å². The second kappa shape index (κ2) is 9.63. The predicted octanol–water partition coefficient (Wildman–Crippen LogP) is 1.27. The van der Waals surface area contributed by atoms with Crippen molar-refractivity contribution in [3.05, 3.63) is 54.1 Å². The summed E-state index contributed by atoms with van der Waals surface area (Å²) < 4.78 is 15.5. The van der Waals surface area contributed by atoms with Crippen LogP contribution >= 0.6 is 0 Å². The number of ether oxygens (including phenoxy) is 1. The molecule has 0 aliphatic carbocycles. The van der Waals surface area contributed by atoms with Gasteiger partial charge in [0.05, 0.1) is 19.6 Å². The number of hydrogen-bond donors (Lipinski definition) is 2. The molecule has 12 nitrogen and oxygen atoms in total. The summed E-state index contributed by atoms with van der Waals surface area (Å²) in [5.74, 6) is -1.80. The van der Waals surface area contributed by atoms with E-state index in [1.165, 1.54) is 7.11 Å². The predicted molar refractivity (Wildman–Crippen MR) is 101 cm³/mol. The van der Waals surface area contributed by atoms with Gasteiger partial charge in [-0.05, 0) is 24.3 Å². The van der Waals surface area contributed by atoms with Gasteiger partial charge >= 0.3 is 17.9 Å². The molecule has 162 valence electrons. The maximum atomic E-state index is 11.4. The van der Waals surface area contributed by atoms with Gasteiger partial charge in [-0.25, -0.2) is 14.4 Å². The normalized spacial score (nSPS) is 13.6. The number of furan rings is 1. The van der Waals surface area contributed by atoms with E-state index in [-0.39, 0.29) is 11.7 Å². The Morgan fingerprint density at radius 2 is 1.94 bits per heavy atom. The number of hydrogen-bond acceptors (Lipinski definition) is 10. The first kappa shape index (κ1) is 21.6. The van der Waals surface area contributed by atoms with Crippen LogP contribution < -0.4 is 0 Å². The van der Waals surface area contributed by atoms with Crippen molar-refractivity contribution < 1.29 is 38.3 Å². The third kappa shape index (κ3) is 5.51. The summed E-state index contributed by atoms with van der Waals surface area (Å²) in [6.07, 6.45) is 3.41. The second-order valence-electron chi connectivity index (χ2n) is 6.46. The van der Waals surface area contributed by atoms with Gasteiger partial charge in [-0.1, -0.05) is 5.16 Å². The molecule has 4 rings (SSSR count). The minimum atomic E-state index is -1.82. The molecule has 2 N–H and O–H groups in total. The number of nitrogens with zero attached hydrogens (tertiary/aromatic N) is 4. The van der Waals surface area contributed by atoms with Crippen molar-refractivity contribution in [3.8, 4) is 11.4 Å². The Labute approximate surface area is 175 Å². The number of aromatic nitrogens is 3. The van der Waals surface area contributed by atoms with E-state index in [4.69, 9.17) is 28.7 Å². The monoisotopic (exact) mass is 430 g/mol. The lowest BCUT2D eigenvalue weighted by atomic mass is 10.00. The first-order chi connectivity index (χ1) is 14.9. The van der Waals surface area contributed by atoms with Crippen LogP contribution in [0.3, 0.4) is 0 Å². The van der Waals surface area contributed by atoms with Crippen LogP contribution in [0.2, 0.25) is 0 Å². The Morgan fingerprint density at radius 3 is 2.55 bits per heavy atom. The molecule has 0 aromatic carbocycles. The molecule has 1 saturated heterocycles. The highest BCUT2D eigenvalue weighted by Crippen LogP contribution is 2.29. The first-order valence-electron chi connectivity index (χ1n) is 8.97. The molecular formula is C19H18N4O8. The Kier molecular flexibility index (Phi) is 6.72. The third-order valence-corrected chi connectivity index (χ3v) is 4.28. The van der Waals surface area contributed by atoms with Crippen LogP contribution in [0.5, 0.6) is 0 Å². The number of carboxylic acid groups (broad SMARTS) is 2. The van der Waals surface area contributed by atoms with Crippen LogP contribution in [0.25, 0.3) is 11.4 Å². The molecule has 31 heavy (non-hydrogen) atoms. The van der Waals surface area contributed by atoms with E-state index in [9.17, 15) is 4.79 Å². The molecule has 3 aromatic heterocycles. The number of carbonyl (C=O) groups excluding carboxylic acids is 1. The summed E-state index contributed by atoms with van der Waals surface area (Å²) >= 11 is 0. The number of methoxy groups -OCH3 is 1. The fraction of sp³-hybridized carbons (Fsp3) is 0.263. The number of carbonyl (C=O) groups is 3. The molecule has 1 fully saturated rings. The Bertz CT molecular complexity index is 1040. The molecule has 0 spiro atoms. The van der Waals surface area contributed by atoms with E-state index >= 15 is 0 Å². The molecule has 0 amide bonds. The van der Waals surface area contributed by atoms with Gasteiger partial charge in [0.15, 0.2) is 0 Å². The zero-order valence-corrected chi connectivity index (χ0v) is 16.3. The highest BCUT2D eigenvalue weighted by atomic mass is 16.5. The fourth-order valence-electron chi connectivity index (χ4n) is 2.76. The smallest absolute Gasteiger partial charge is 0.414 e. The van der Waals surface area contributed by atoms with Crippen LogP contribution in [-0.4, -0.2) is 68.3 Å². The molecule has 0 atom stereocenters. The van der Waals surface area contributed by atoms with Crippen molar-refractivity contribution in [2.45, 2.75) is 12.5 Å². The van der Waals surface area contributed by atoms with Gasteiger partial charge < -0.3 is 23.9 Å². The molecule has 0 radical (unpaired) electrons. The lowest BCUT2D eigenvalue weighted by Crippen LogP contribution is -2.44. The molecule has 3 aromatic rings. The maximum absolute atomic E-state index is 11.4. The number of carboxylic acids is 2. The van der Waals surface area contributed by atoms with Crippen LogP contribution in [0.1, 0.15) is 28.1 Å². The van der Waals surface area contributed by atoms with Crippen molar-refractivity contribution in [2.24, 2.45) is 0 Å². The Hall–Kier alpha value is -4.06. The number of rotatable bonds is 5. The molecule has 0 unspecified atom stereocenters. The number of aliphatic carboxylic acids is 2. The van der Waals surface area contributed by atoms with E-state index in [2.05, 4.69) is 24.8 Å². The van der Waals surface area contributed by atoms with E-state index in [0.29, 0.717) is 18.3 Å². The zero-order valence-electron chi connectivity index (χ0n) is 16.3. The lowest BCUT2D eigenvalue weighted by molar-refractivity contribution is -0.159. The quantitative estimate of drug-likeness (QED) is 0.439. The lowest BCUT2D eigenvalue weighted by Gasteiger charge is -2.36. The van der Waals surface area contributed by atoms with Crippen LogP contribution in [0.4, 0.5) is 0 Å². The first-order valence-corrected chi connectivity index (χ1v) is 8.97. The average molecular weight is 430 g/mol. The number of likely N-dealkylation sites (tertiary alicyclic amines) is 1. The van der Waals surface area contributed by atoms with Crippen LogP contribution in [0, 0.1) is 0 Å². The molecular weight excluding hydrogens is 412 g/mol. The van der Waals surface area contributed by atoms with Crippen molar-refractivity contribution in [1.82, 2.24) is 20.0 Å². The largest absolute Gasteiger partial charge is 0.473 e. The van der Waals surface area contributed by atoms with Crippen molar-refractivity contribution in [1.29, 1.82) is 0 Å². The molecule has 0 saturated carbocycles. The molecule has 0 bridgehead atoms. The summed E-state index contributed by atoms with van der Waals surface area (Å²) in [6, 6.07) is 7.14. The molecule has 1 aliphatic rings. The molecule has 4 heterocycles. The van der Waals surface area contributed by atoms with E-state index in [1.54, 1.807) is 24.5 Å². The molecule has 1 aliphatic heterocycles.